The molecule has 2 nitrogen and oxygen atoms in total. The molecule has 0 atom stereocenters. The van der Waals surface area contributed by atoms with Crippen LogP contribution in [0.25, 0.3) is 10.9 Å². The molecule has 0 amide bonds. The standard InChI is InChI=1S/C14H16N2.ClH/c1-16-12-8-4-2-6-10(12)14(15)11-7-3-5-9-13(11)16;/h2,4,6,8,15H,3,5,7,9H2,1H3;1H. The van der Waals surface area contributed by atoms with Crippen LogP contribution in [0.2, 0.25) is 0 Å². The van der Waals surface area contributed by atoms with E-state index >= 15 is 0 Å². The van der Waals surface area contributed by atoms with Gasteiger partial charge in [-0.2, -0.15) is 4.57 Å². The predicted octanol–water partition coefficient (Wildman–Crippen LogP) is -0.871. The normalized spacial score (nSPS) is 14.2. The zero-order chi connectivity index (χ0) is 11.1. The van der Waals surface area contributed by atoms with Crippen molar-refractivity contribution in [3.63, 3.8) is 0 Å². The summed E-state index contributed by atoms with van der Waals surface area (Å²) in [5.41, 5.74) is 11.4. The van der Waals surface area contributed by atoms with Gasteiger partial charge >= 0.3 is 0 Å². The Bertz CT molecular complexity index is 513. The quantitative estimate of drug-likeness (QED) is 0.604. The summed E-state index contributed by atoms with van der Waals surface area (Å²) in [7, 11) is 2.16. The smallest absolute Gasteiger partial charge is 0.214 e. The van der Waals surface area contributed by atoms with Gasteiger partial charge in [0, 0.05) is 18.1 Å². The van der Waals surface area contributed by atoms with Crippen LogP contribution in [0.1, 0.15) is 24.1 Å². The monoisotopic (exact) mass is 248 g/mol. The van der Waals surface area contributed by atoms with Crippen molar-refractivity contribution < 1.29 is 17.0 Å². The Balaban J connectivity index is 0.00000108. The van der Waals surface area contributed by atoms with Crippen molar-refractivity contribution in [3.8, 4) is 0 Å². The fraction of sp³-hybridized carbons (Fsp3) is 0.357. The number of rotatable bonds is 0. The third kappa shape index (κ3) is 1.77. The number of halogens is 1. The summed E-state index contributed by atoms with van der Waals surface area (Å²) in [5, 5.41) is 1.20. The molecule has 3 heteroatoms. The summed E-state index contributed by atoms with van der Waals surface area (Å²) in [6.45, 7) is 0. The first kappa shape index (κ1) is 12.2. The van der Waals surface area contributed by atoms with E-state index < -0.39 is 0 Å². The second-order valence-corrected chi connectivity index (χ2v) is 4.62. The van der Waals surface area contributed by atoms with Crippen LogP contribution in [-0.4, -0.2) is 0 Å². The third-order valence-electron chi connectivity index (χ3n) is 3.72. The van der Waals surface area contributed by atoms with Crippen LogP contribution >= 0.6 is 0 Å². The summed E-state index contributed by atoms with van der Waals surface area (Å²) in [5.74, 6) is 0. The third-order valence-corrected chi connectivity index (χ3v) is 3.72. The fourth-order valence-electron chi connectivity index (χ4n) is 2.85. The minimum absolute atomic E-state index is 0. The minimum Gasteiger partial charge on any atom is -1.00 e. The van der Waals surface area contributed by atoms with Crippen molar-refractivity contribution >= 4 is 16.6 Å². The van der Waals surface area contributed by atoms with Crippen molar-refractivity contribution in [1.29, 1.82) is 0 Å². The van der Waals surface area contributed by atoms with E-state index in [4.69, 9.17) is 5.73 Å². The number of anilines is 1. The highest BCUT2D eigenvalue weighted by atomic mass is 35.5. The molecule has 3 rings (SSSR count). The van der Waals surface area contributed by atoms with E-state index in [1.165, 1.54) is 41.4 Å². The fourth-order valence-corrected chi connectivity index (χ4v) is 2.85. The molecule has 0 fully saturated rings. The Kier molecular flexibility index (Phi) is 3.25. The van der Waals surface area contributed by atoms with E-state index in [1.54, 1.807) is 0 Å². The lowest BCUT2D eigenvalue weighted by Crippen LogP contribution is -3.00. The van der Waals surface area contributed by atoms with E-state index in [2.05, 4.69) is 35.9 Å². The molecule has 90 valence electrons. The van der Waals surface area contributed by atoms with Gasteiger partial charge in [0.25, 0.3) is 0 Å². The summed E-state index contributed by atoms with van der Waals surface area (Å²) in [6.07, 6.45) is 4.87. The van der Waals surface area contributed by atoms with E-state index in [-0.39, 0.29) is 12.4 Å². The Labute approximate surface area is 108 Å². The average Bonchev–Trinajstić information content (AvgIpc) is 2.36. The van der Waals surface area contributed by atoms with E-state index in [9.17, 15) is 0 Å². The molecular formula is C14H17ClN2. The van der Waals surface area contributed by atoms with Crippen molar-refractivity contribution in [2.24, 2.45) is 7.05 Å². The van der Waals surface area contributed by atoms with E-state index in [0.717, 1.165) is 12.1 Å². The van der Waals surface area contributed by atoms with Crippen LogP contribution in [0.5, 0.6) is 0 Å². The van der Waals surface area contributed by atoms with Crippen molar-refractivity contribution in [1.82, 2.24) is 0 Å². The molecule has 17 heavy (non-hydrogen) atoms. The van der Waals surface area contributed by atoms with Gasteiger partial charge in [0.15, 0.2) is 5.69 Å². The van der Waals surface area contributed by atoms with Gasteiger partial charge in [-0.1, -0.05) is 12.1 Å². The van der Waals surface area contributed by atoms with Gasteiger partial charge < -0.3 is 18.1 Å². The van der Waals surface area contributed by atoms with Gasteiger partial charge in [-0.3, -0.25) is 0 Å². The molecule has 1 aromatic heterocycles. The van der Waals surface area contributed by atoms with Crippen molar-refractivity contribution in [2.75, 3.05) is 5.73 Å². The lowest BCUT2D eigenvalue weighted by atomic mass is 9.92. The molecule has 1 aliphatic rings. The van der Waals surface area contributed by atoms with Crippen molar-refractivity contribution in [2.45, 2.75) is 25.7 Å². The molecule has 1 aliphatic carbocycles. The molecular weight excluding hydrogens is 232 g/mol. The Morgan fingerprint density at radius 2 is 1.82 bits per heavy atom. The van der Waals surface area contributed by atoms with Crippen LogP contribution in [0.3, 0.4) is 0 Å². The number of nitrogens with zero attached hydrogens (tertiary/aromatic N) is 1. The predicted molar refractivity (Wildman–Crippen MR) is 66.2 cm³/mol. The number of aromatic nitrogens is 1. The van der Waals surface area contributed by atoms with Crippen LogP contribution in [0, 0.1) is 0 Å². The van der Waals surface area contributed by atoms with Gasteiger partial charge in [-0.25, -0.2) is 0 Å². The average molecular weight is 249 g/mol. The number of nitrogen functional groups attached to an aromatic ring is 1. The number of hydrogen-bond acceptors (Lipinski definition) is 1. The lowest BCUT2D eigenvalue weighted by molar-refractivity contribution is -0.653. The Hall–Kier alpha value is -1.28. The maximum atomic E-state index is 6.30. The number of fused-ring (bicyclic) bond motifs is 2. The maximum absolute atomic E-state index is 6.30. The number of aryl methyl sites for hydroxylation is 1. The maximum Gasteiger partial charge on any atom is 0.214 e. The van der Waals surface area contributed by atoms with Gasteiger partial charge in [-0.15, -0.1) is 0 Å². The number of nitrogens with two attached hydrogens (primary N) is 1. The van der Waals surface area contributed by atoms with Crippen LogP contribution in [-0.2, 0) is 19.9 Å². The van der Waals surface area contributed by atoms with E-state index in [1.807, 2.05) is 0 Å². The lowest BCUT2D eigenvalue weighted by Gasteiger charge is -2.17. The molecule has 0 spiro atoms. The molecule has 0 saturated carbocycles. The van der Waals surface area contributed by atoms with Gasteiger partial charge in [-0.05, 0) is 25.3 Å². The first-order chi connectivity index (χ1) is 7.79. The van der Waals surface area contributed by atoms with Crippen LogP contribution in [0.15, 0.2) is 24.3 Å². The molecule has 1 heterocycles. The molecule has 0 unspecified atom stereocenters. The van der Waals surface area contributed by atoms with Crippen molar-refractivity contribution in [3.05, 3.63) is 35.5 Å². The summed E-state index contributed by atoms with van der Waals surface area (Å²) in [6, 6.07) is 8.42. The second-order valence-electron chi connectivity index (χ2n) is 4.62. The molecule has 2 aromatic rings. The molecule has 2 N–H and O–H groups in total. The molecule has 0 saturated heterocycles. The molecule has 0 aliphatic heterocycles. The topological polar surface area (TPSA) is 29.9 Å². The zero-order valence-electron chi connectivity index (χ0n) is 10.0. The highest BCUT2D eigenvalue weighted by molar-refractivity contribution is 5.89. The van der Waals surface area contributed by atoms with Gasteiger partial charge in [0.1, 0.15) is 7.05 Å². The largest absolute Gasteiger partial charge is 1.00 e. The highest BCUT2D eigenvalue weighted by Gasteiger charge is 2.24. The summed E-state index contributed by atoms with van der Waals surface area (Å²) >= 11 is 0. The van der Waals surface area contributed by atoms with Gasteiger partial charge in [0.05, 0.1) is 11.1 Å². The molecule has 0 radical (unpaired) electrons. The van der Waals surface area contributed by atoms with Gasteiger partial charge in [0.2, 0.25) is 5.52 Å². The summed E-state index contributed by atoms with van der Waals surface area (Å²) in [4.78, 5) is 0. The molecule has 1 aromatic carbocycles. The number of para-hydroxylation sites is 1. The molecule has 0 bridgehead atoms. The number of pyridine rings is 1. The number of benzene rings is 1. The first-order valence-corrected chi connectivity index (χ1v) is 5.97. The Morgan fingerprint density at radius 1 is 1.12 bits per heavy atom. The summed E-state index contributed by atoms with van der Waals surface area (Å²) < 4.78 is 2.32. The number of hydrogen-bond donors (Lipinski definition) is 1. The SMILES string of the molecule is C[n+]1c2c(c(N)c3ccccc31)CCCC2.[Cl-]. The van der Waals surface area contributed by atoms with Crippen LogP contribution in [0.4, 0.5) is 5.69 Å². The zero-order valence-corrected chi connectivity index (χ0v) is 10.8. The first-order valence-electron chi connectivity index (χ1n) is 5.97. The minimum atomic E-state index is 0. The Morgan fingerprint density at radius 3 is 2.65 bits per heavy atom. The van der Waals surface area contributed by atoms with E-state index in [0.29, 0.717) is 0 Å². The second kappa shape index (κ2) is 4.53. The highest BCUT2D eigenvalue weighted by Crippen LogP contribution is 2.29. The van der Waals surface area contributed by atoms with Crippen LogP contribution < -0.4 is 22.7 Å².